The summed E-state index contributed by atoms with van der Waals surface area (Å²) in [6.07, 6.45) is 26.0. The number of rotatable bonds is 15. The summed E-state index contributed by atoms with van der Waals surface area (Å²) in [5.41, 5.74) is 1.60. The topological polar surface area (TPSA) is 56.6 Å². The van der Waals surface area contributed by atoms with Crippen LogP contribution in [-0.2, 0) is 4.79 Å². The summed E-state index contributed by atoms with van der Waals surface area (Å²) in [4.78, 5) is 11.9. The Bertz CT molecular complexity index is 460. The van der Waals surface area contributed by atoms with Gasteiger partial charge in [0, 0.05) is 12.4 Å². The zero-order valence-electron chi connectivity index (χ0n) is 19.0. The van der Waals surface area contributed by atoms with E-state index in [2.05, 4.69) is 30.5 Å². The van der Waals surface area contributed by atoms with Crippen LogP contribution in [0.2, 0.25) is 0 Å². The molecule has 2 aliphatic heterocycles. The van der Waals surface area contributed by atoms with Crippen molar-refractivity contribution >= 4 is 5.97 Å². The summed E-state index contributed by atoms with van der Waals surface area (Å²) in [5.74, 6) is -0.914. The van der Waals surface area contributed by atoms with Gasteiger partial charge in [0.25, 0.3) is 0 Å². The number of quaternary nitrogens is 1. The van der Waals surface area contributed by atoms with Crippen molar-refractivity contribution in [3.63, 3.8) is 0 Å². The fraction of sp³-hybridized carbons (Fsp3) is 0.800. The highest BCUT2D eigenvalue weighted by Gasteiger charge is 2.23. The van der Waals surface area contributed by atoms with E-state index >= 15 is 0 Å². The van der Waals surface area contributed by atoms with Crippen molar-refractivity contribution in [3.05, 3.63) is 23.9 Å². The highest BCUT2D eigenvalue weighted by Crippen LogP contribution is 2.09. The van der Waals surface area contributed by atoms with Crippen LogP contribution in [0.5, 0.6) is 0 Å². The minimum absolute atomic E-state index is 0.220. The third kappa shape index (κ3) is 15.4. The summed E-state index contributed by atoms with van der Waals surface area (Å²) in [5, 5.41) is 13.6. The highest BCUT2D eigenvalue weighted by atomic mass is 16.4. The number of hydrogen-bond donors (Lipinski definition) is 2. The Balaban J connectivity index is 0.000000379. The number of unbranched alkanes of at least 4 members (excludes halogenated alkanes) is 11. The third-order valence-electron chi connectivity index (χ3n) is 5.82. The van der Waals surface area contributed by atoms with E-state index in [1.165, 1.54) is 83.6 Å². The van der Waals surface area contributed by atoms with E-state index in [4.69, 9.17) is 0 Å². The van der Waals surface area contributed by atoms with Gasteiger partial charge in [-0.15, -0.1) is 0 Å². The Kier molecular flexibility index (Phi) is 16.9. The molecule has 2 heterocycles. The number of allylic oxidation sites excluding steroid dienone is 3. The van der Waals surface area contributed by atoms with Gasteiger partial charge in [-0.3, -0.25) is 10.2 Å². The van der Waals surface area contributed by atoms with Crippen molar-refractivity contribution in [3.8, 4) is 0 Å². The smallest absolute Gasteiger partial charge is 0.135 e. The van der Waals surface area contributed by atoms with Crippen LogP contribution in [-0.4, -0.2) is 25.7 Å². The van der Waals surface area contributed by atoms with Crippen LogP contribution in [0.4, 0.5) is 0 Å². The molecule has 4 nitrogen and oxygen atoms in total. The van der Waals surface area contributed by atoms with E-state index in [-0.39, 0.29) is 6.42 Å². The fourth-order valence-electron chi connectivity index (χ4n) is 3.98. The van der Waals surface area contributed by atoms with Gasteiger partial charge < -0.3 is 9.90 Å². The Morgan fingerprint density at radius 2 is 1.62 bits per heavy atom. The maximum atomic E-state index is 10.2. The normalized spacial score (nSPS) is 18.2. The summed E-state index contributed by atoms with van der Waals surface area (Å²) >= 11 is 0. The molecule has 0 aliphatic carbocycles. The zero-order chi connectivity index (χ0) is 21.0. The molecule has 0 aromatic carbocycles. The van der Waals surface area contributed by atoms with E-state index in [1.54, 1.807) is 10.6 Å². The molecule has 0 amide bonds. The van der Waals surface area contributed by atoms with Crippen LogP contribution in [0.1, 0.15) is 110 Å². The van der Waals surface area contributed by atoms with Crippen LogP contribution in [0.3, 0.4) is 0 Å². The molecule has 2 rings (SSSR count). The maximum absolute atomic E-state index is 10.2. The number of hydrogen-bond acceptors (Lipinski definition) is 3. The first kappa shape index (κ1) is 25.9. The molecule has 0 spiro atoms. The van der Waals surface area contributed by atoms with E-state index < -0.39 is 5.97 Å². The lowest BCUT2D eigenvalue weighted by Gasteiger charge is -2.15. The van der Waals surface area contributed by atoms with Crippen molar-refractivity contribution in [2.75, 3.05) is 19.8 Å². The number of fused-ring (bicyclic) bond motifs is 1. The number of carbonyl (C=O) groups is 1. The van der Waals surface area contributed by atoms with Crippen LogP contribution >= 0.6 is 0 Å². The Morgan fingerprint density at radius 3 is 2.24 bits per heavy atom. The van der Waals surface area contributed by atoms with Gasteiger partial charge in [0.15, 0.2) is 0 Å². The number of nitrogens with one attached hydrogen (secondary N) is 2. The predicted octanol–water partition coefficient (Wildman–Crippen LogP) is 3.88. The lowest BCUT2D eigenvalue weighted by atomic mass is 10.1. The molecule has 1 saturated heterocycles. The Labute approximate surface area is 179 Å². The van der Waals surface area contributed by atoms with Crippen molar-refractivity contribution in [1.82, 2.24) is 5.32 Å². The second-order valence-electron chi connectivity index (χ2n) is 8.53. The minimum atomic E-state index is -0.914. The molecule has 1 fully saturated rings. The van der Waals surface area contributed by atoms with Crippen molar-refractivity contribution in [1.29, 1.82) is 0 Å². The molecule has 4 heteroatoms. The van der Waals surface area contributed by atoms with Gasteiger partial charge in [-0.1, -0.05) is 70.4 Å². The van der Waals surface area contributed by atoms with Crippen LogP contribution in [0, 0.1) is 0 Å². The minimum Gasteiger partial charge on any atom is -0.550 e. The quantitative estimate of drug-likeness (QED) is 0.320. The number of aliphatic carboxylic acids is 1. The van der Waals surface area contributed by atoms with Gasteiger partial charge in [0.05, 0.1) is 13.1 Å². The molecule has 0 radical (unpaired) electrons. The van der Waals surface area contributed by atoms with Crippen molar-refractivity contribution < 1.29 is 14.8 Å². The molecule has 2 aliphatic rings. The van der Waals surface area contributed by atoms with Crippen LogP contribution in [0.15, 0.2) is 23.9 Å². The van der Waals surface area contributed by atoms with Gasteiger partial charge in [0.2, 0.25) is 0 Å². The summed E-state index contributed by atoms with van der Waals surface area (Å²) in [7, 11) is 0. The average molecular weight is 407 g/mol. The Hall–Kier alpha value is -1.13. The summed E-state index contributed by atoms with van der Waals surface area (Å²) < 4.78 is 0. The molecule has 0 aromatic rings. The summed E-state index contributed by atoms with van der Waals surface area (Å²) in [6, 6.07) is 0. The molecule has 1 atom stereocenters. The first-order valence-electron chi connectivity index (χ1n) is 12.3. The lowest BCUT2D eigenvalue weighted by Crippen LogP contribution is -3.09. The Morgan fingerprint density at radius 1 is 1.00 bits per heavy atom. The molecule has 2 N–H and O–H groups in total. The molecule has 168 valence electrons. The largest absolute Gasteiger partial charge is 0.550 e. The van der Waals surface area contributed by atoms with E-state index in [0.717, 1.165) is 32.5 Å². The molecular formula is C25H46N2O2. The number of carbonyl (C=O) groups excluding carboxylic acids is 1. The predicted molar refractivity (Wildman–Crippen MR) is 120 cm³/mol. The van der Waals surface area contributed by atoms with Gasteiger partial charge in [-0.05, 0) is 51.0 Å². The zero-order valence-corrected chi connectivity index (χ0v) is 19.0. The molecule has 1 unspecified atom stereocenters. The second-order valence-corrected chi connectivity index (χ2v) is 8.53. The van der Waals surface area contributed by atoms with Gasteiger partial charge in [0.1, 0.15) is 12.4 Å². The van der Waals surface area contributed by atoms with Gasteiger partial charge in [-0.25, -0.2) is 0 Å². The first-order valence-corrected chi connectivity index (χ1v) is 12.3. The third-order valence-corrected chi connectivity index (χ3v) is 5.82. The standard InChI is InChI=1S/C18H34O2.C7H12N2/c1-2-3-4-5-6-7-8-9-10-11-12-13-14-15-16-17-18(19)20;1-2-4-9-6-8-5-7(9)3-1/h9-10H,2-8,11-17H2,1H3,(H,19,20);3,8H,1-2,4-6H2/b10-9-;. The van der Waals surface area contributed by atoms with Crippen molar-refractivity contribution in [2.45, 2.75) is 110 Å². The van der Waals surface area contributed by atoms with Crippen LogP contribution in [0.25, 0.3) is 0 Å². The van der Waals surface area contributed by atoms with Gasteiger partial charge in [-0.2, -0.15) is 0 Å². The van der Waals surface area contributed by atoms with E-state index in [9.17, 15) is 9.90 Å². The van der Waals surface area contributed by atoms with E-state index in [0.29, 0.717) is 0 Å². The highest BCUT2D eigenvalue weighted by molar-refractivity contribution is 5.64. The van der Waals surface area contributed by atoms with Crippen LogP contribution < -0.4 is 15.3 Å². The fourth-order valence-corrected chi connectivity index (χ4v) is 3.98. The molecule has 0 aromatic heterocycles. The molecule has 0 bridgehead atoms. The van der Waals surface area contributed by atoms with E-state index in [1.807, 2.05) is 0 Å². The monoisotopic (exact) mass is 406 g/mol. The lowest BCUT2D eigenvalue weighted by molar-refractivity contribution is -0.854. The number of carboxylic acids is 1. The SMILES string of the molecule is C1=C2CNC[NH+]2CCC1.CCCCCCCC/C=C\CCCCCCCC(=O)[O-]. The molecule has 0 saturated carbocycles. The second kappa shape index (κ2) is 18.9. The number of carboxylic acid groups (broad SMARTS) is 1. The molecular weight excluding hydrogens is 360 g/mol. The van der Waals surface area contributed by atoms with Crippen molar-refractivity contribution in [2.24, 2.45) is 0 Å². The van der Waals surface area contributed by atoms with Gasteiger partial charge >= 0.3 is 0 Å². The average Bonchev–Trinajstić information content (AvgIpc) is 3.20. The summed E-state index contributed by atoms with van der Waals surface area (Å²) in [6.45, 7) is 5.89. The first-order chi connectivity index (χ1) is 14.2. The maximum Gasteiger partial charge on any atom is 0.135 e. The molecule has 29 heavy (non-hydrogen) atoms.